The van der Waals surface area contributed by atoms with Gasteiger partial charge in [0.1, 0.15) is 30.5 Å². The molecule has 7 atom stereocenters. The molecule has 1 rings (SSSR count). The minimum atomic E-state index is -4.75. The van der Waals surface area contributed by atoms with Crippen LogP contribution in [0.15, 0.2) is 0 Å². The third-order valence-electron chi connectivity index (χ3n) is 4.97. The molecule has 13 nitrogen and oxygen atoms in total. The molecule has 0 aromatic rings. The Labute approximate surface area is 181 Å². The first-order chi connectivity index (χ1) is 14.7. The van der Waals surface area contributed by atoms with Gasteiger partial charge in [0.05, 0.1) is 12.6 Å². The van der Waals surface area contributed by atoms with Crippen molar-refractivity contribution in [3.8, 4) is 0 Å². The van der Waals surface area contributed by atoms with Crippen molar-refractivity contribution in [3.05, 3.63) is 0 Å². The Morgan fingerprint density at radius 1 is 1.25 bits per heavy atom. The highest BCUT2D eigenvalue weighted by Crippen LogP contribution is 2.42. The van der Waals surface area contributed by atoms with Crippen molar-refractivity contribution >= 4 is 17.8 Å². The van der Waals surface area contributed by atoms with E-state index in [1.54, 1.807) is 0 Å². The number of rotatable bonds is 12. The van der Waals surface area contributed by atoms with Crippen LogP contribution >= 0.6 is 0 Å². The molecule has 2 amide bonds. The van der Waals surface area contributed by atoms with Crippen LogP contribution in [-0.2, 0) is 19.1 Å². The van der Waals surface area contributed by atoms with Gasteiger partial charge < -0.3 is 51.7 Å². The lowest BCUT2D eigenvalue weighted by Gasteiger charge is -2.33. The van der Waals surface area contributed by atoms with E-state index in [1.165, 1.54) is 6.92 Å². The second-order valence-corrected chi connectivity index (χ2v) is 7.47. The molecule has 1 heterocycles. The predicted octanol–water partition coefficient (Wildman–Crippen LogP) is -4.01. The van der Waals surface area contributed by atoms with E-state index < -0.39 is 72.6 Å². The number of aliphatic hydroxyl groups is 5. The Morgan fingerprint density at radius 2 is 1.84 bits per heavy atom. The zero-order valence-corrected chi connectivity index (χ0v) is 17.1. The molecule has 32 heavy (non-hydrogen) atoms. The van der Waals surface area contributed by atoms with E-state index in [9.17, 15) is 43.6 Å². The van der Waals surface area contributed by atoms with E-state index in [2.05, 4.69) is 10.1 Å². The number of carbonyl (C=O) groups excluding carboxylic acids is 2. The van der Waals surface area contributed by atoms with Crippen LogP contribution in [0.5, 0.6) is 0 Å². The van der Waals surface area contributed by atoms with Gasteiger partial charge >= 0.3 is 11.9 Å². The second kappa shape index (κ2) is 11.2. The molecule has 1 aliphatic rings. The molecule has 0 bridgehead atoms. The molecule has 0 aromatic heterocycles. The Balaban J connectivity index is 2.55. The van der Waals surface area contributed by atoms with Gasteiger partial charge in [-0.25, -0.2) is 0 Å². The third-order valence-corrected chi connectivity index (χ3v) is 4.97. The Morgan fingerprint density at radius 3 is 2.38 bits per heavy atom. The van der Waals surface area contributed by atoms with E-state index in [4.69, 9.17) is 15.9 Å². The highest BCUT2D eigenvalue weighted by atomic mass is 19.3. The summed E-state index contributed by atoms with van der Waals surface area (Å²) >= 11 is 0. The summed E-state index contributed by atoms with van der Waals surface area (Å²) in [6.07, 6.45) is -8.44. The number of nitrogens with two attached hydrogens (primary N) is 1. The molecule has 10 N–H and O–H groups in total. The van der Waals surface area contributed by atoms with Crippen molar-refractivity contribution < 1.29 is 58.5 Å². The van der Waals surface area contributed by atoms with Crippen molar-refractivity contribution in [2.24, 2.45) is 5.73 Å². The number of hydrogen-bond donors (Lipinski definition) is 9. The first-order valence-corrected chi connectivity index (χ1v) is 9.70. The molecule has 186 valence electrons. The van der Waals surface area contributed by atoms with Crippen molar-refractivity contribution in [1.29, 1.82) is 0 Å². The molecule has 15 heteroatoms. The van der Waals surface area contributed by atoms with Crippen molar-refractivity contribution in [3.63, 3.8) is 0 Å². The summed E-state index contributed by atoms with van der Waals surface area (Å²) in [6.45, 7) is -0.128. The number of carboxylic acids is 1. The van der Waals surface area contributed by atoms with Gasteiger partial charge in [-0.2, -0.15) is 8.78 Å². The summed E-state index contributed by atoms with van der Waals surface area (Å²) in [5.41, 5.74) is 5.60. The van der Waals surface area contributed by atoms with Crippen LogP contribution in [0.1, 0.15) is 26.2 Å². The van der Waals surface area contributed by atoms with Gasteiger partial charge in [-0.3, -0.25) is 14.4 Å². The lowest BCUT2D eigenvalue weighted by Crippen LogP contribution is -2.63. The van der Waals surface area contributed by atoms with Crippen LogP contribution in [0.4, 0.5) is 8.78 Å². The number of carboxylic acid groups (broad SMARTS) is 1. The number of aliphatic carboxylic acids is 1. The molecule has 1 saturated heterocycles. The summed E-state index contributed by atoms with van der Waals surface area (Å²) in [6, 6.07) is -2.21. The molecule has 0 aliphatic carbocycles. The highest BCUT2D eigenvalue weighted by Gasteiger charge is 2.71. The smallest absolute Gasteiger partial charge is 0.379 e. The molecular formula is C17H29F2N3O10. The number of aliphatic hydroxyl groups excluding tert-OH is 4. The standard InChI is InChI=1S/C17H29F2N3O10/c1-7(14(28)29)22-13(27)8(20)4-2-3-5-21-15(30)16(18,19)17(31)12(26)10(25)11(32-17)9(24)6-23/h7-12,23-26,31H,2-6,20H2,1H3,(H,21,30)(H,22,27)(H,28,29)/t7-,8-,9-,10+,11-,12+,17+/m0/s1. The molecule has 0 radical (unpaired) electrons. The topological polar surface area (TPSA) is 232 Å². The number of alkyl halides is 2. The molecule has 1 fully saturated rings. The van der Waals surface area contributed by atoms with E-state index in [1.807, 2.05) is 5.32 Å². The largest absolute Gasteiger partial charge is 0.480 e. The van der Waals surface area contributed by atoms with Gasteiger partial charge in [-0.1, -0.05) is 0 Å². The first-order valence-electron chi connectivity index (χ1n) is 9.70. The number of ether oxygens (including phenoxy) is 1. The van der Waals surface area contributed by atoms with E-state index in [0.29, 0.717) is 0 Å². The average Bonchev–Trinajstić information content (AvgIpc) is 2.97. The zero-order chi connectivity index (χ0) is 24.9. The van der Waals surface area contributed by atoms with Crippen molar-refractivity contribution in [2.75, 3.05) is 13.2 Å². The van der Waals surface area contributed by atoms with Gasteiger partial charge in [0.15, 0.2) is 0 Å². The quantitative estimate of drug-likeness (QED) is 0.124. The van der Waals surface area contributed by atoms with Crippen LogP contribution in [0.25, 0.3) is 0 Å². The summed E-state index contributed by atoms with van der Waals surface area (Å²) in [5.74, 6) is -12.6. The van der Waals surface area contributed by atoms with Crippen LogP contribution in [0, 0.1) is 0 Å². The minimum absolute atomic E-state index is 0.0586. The fraction of sp³-hybridized carbons (Fsp3) is 0.824. The zero-order valence-electron chi connectivity index (χ0n) is 17.1. The molecule has 0 aromatic carbocycles. The SMILES string of the molecule is C[C@H](NC(=O)[C@@H](N)CCCCNC(=O)C(F)(F)[C@]1(O)O[C@@H]([C@@H](O)CO)[C@@H](O)[C@H]1O)C(=O)O. The fourth-order valence-corrected chi connectivity index (χ4v) is 2.91. The summed E-state index contributed by atoms with van der Waals surface area (Å²) in [7, 11) is 0. The monoisotopic (exact) mass is 473 g/mol. The van der Waals surface area contributed by atoms with Gasteiger partial charge in [0.25, 0.3) is 11.7 Å². The molecule has 1 aliphatic heterocycles. The molecule has 0 unspecified atom stereocenters. The normalized spacial score (nSPS) is 28.6. The number of halogens is 2. The maximum absolute atomic E-state index is 14.5. The lowest BCUT2D eigenvalue weighted by atomic mass is 9.97. The molecular weight excluding hydrogens is 444 g/mol. The number of amides is 2. The van der Waals surface area contributed by atoms with Gasteiger partial charge in [-0.05, 0) is 26.2 Å². The van der Waals surface area contributed by atoms with Gasteiger partial charge in [0.2, 0.25) is 5.91 Å². The number of unbranched alkanes of at least 4 members (excludes halogenated alkanes) is 1. The Kier molecular flexibility index (Phi) is 9.83. The third kappa shape index (κ3) is 6.06. The van der Waals surface area contributed by atoms with E-state index >= 15 is 0 Å². The van der Waals surface area contributed by atoms with Crippen molar-refractivity contribution in [1.82, 2.24) is 10.6 Å². The maximum Gasteiger partial charge on any atom is 0.379 e. The Hall–Kier alpha value is -2.01. The average molecular weight is 473 g/mol. The van der Waals surface area contributed by atoms with Crippen LogP contribution < -0.4 is 16.4 Å². The lowest BCUT2D eigenvalue weighted by molar-refractivity contribution is -0.325. The summed E-state index contributed by atoms with van der Waals surface area (Å²) in [5, 5.41) is 60.6. The van der Waals surface area contributed by atoms with Gasteiger partial charge in [0, 0.05) is 6.54 Å². The minimum Gasteiger partial charge on any atom is -0.480 e. The number of nitrogens with one attached hydrogen (secondary N) is 2. The van der Waals surface area contributed by atoms with Crippen LogP contribution in [-0.4, -0.2) is 110 Å². The van der Waals surface area contributed by atoms with Crippen LogP contribution in [0.2, 0.25) is 0 Å². The van der Waals surface area contributed by atoms with Gasteiger partial charge in [-0.15, -0.1) is 0 Å². The Bertz CT molecular complexity index is 685. The van der Waals surface area contributed by atoms with Crippen molar-refractivity contribution in [2.45, 2.75) is 74.4 Å². The summed E-state index contributed by atoms with van der Waals surface area (Å²) in [4.78, 5) is 34.3. The first kappa shape index (κ1) is 28.0. The van der Waals surface area contributed by atoms with E-state index in [0.717, 1.165) is 0 Å². The fourth-order valence-electron chi connectivity index (χ4n) is 2.91. The predicted molar refractivity (Wildman–Crippen MR) is 100.0 cm³/mol. The summed E-state index contributed by atoms with van der Waals surface area (Å²) < 4.78 is 33.4. The maximum atomic E-state index is 14.5. The molecule has 0 saturated carbocycles. The van der Waals surface area contributed by atoms with E-state index in [-0.39, 0.29) is 25.8 Å². The number of hydrogen-bond acceptors (Lipinski definition) is 10. The number of carbonyl (C=O) groups is 3. The molecule has 0 spiro atoms. The van der Waals surface area contributed by atoms with Crippen LogP contribution in [0.3, 0.4) is 0 Å². The second-order valence-electron chi connectivity index (χ2n) is 7.47. The highest BCUT2D eigenvalue weighted by molar-refractivity contribution is 5.86.